The van der Waals surface area contributed by atoms with Gasteiger partial charge in [0.2, 0.25) is 0 Å². The summed E-state index contributed by atoms with van der Waals surface area (Å²) in [5.74, 6) is -1.27. The maximum absolute atomic E-state index is 11.7. The Kier molecular flexibility index (Phi) is 8.31. The third-order valence-corrected chi connectivity index (χ3v) is 2.13. The zero-order chi connectivity index (χ0) is 14.0. The van der Waals surface area contributed by atoms with E-state index in [-0.39, 0.29) is 31.7 Å². The number of hydrogen-bond acceptors (Lipinski definition) is 4. The first-order valence-corrected chi connectivity index (χ1v) is 5.73. The van der Waals surface area contributed by atoms with Crippen LogP contribution in [-0.4, -0.2) is 54.9 Å². The Labute approximate surface area is 106 Å². The van der Waals surface area contributed by atoms with Gasteiger partial charge in [-0.25, -0.2) is 9.59 Å². The van der Waals surface area contributed by atoms with Crippen LogP contribution in [0.25, 0.3) is 0 Å². The molecule has 0 aliphatic rings. The maximum atomic E-state index is 11.7. The van der Waals surface area contributed by atoms with Crippen LogP contribution in [0, 0.1) is 17.2 Å². The van der Waals surface area contributed by atoms with Crippen molar-refractivity contribution in [3.8, 4) is 6.07 Å². The Bertz CT molecular complexity index is 314. The third kappa shape index (κ3) is 7.46. The van der Waals surface area contributed by atoms with Crippen molar-refractivity contribution in [2.24, 2.45) is 5.92 Å². The highest BCUT2D eigenvalue weighted by atomic mass is 16.5. The molecule has 2 amide bonds. The number of amides is 2. The number of rotatable bonds is 8. The molecule has 0 heterocycles. The van der Waals surface area contributed by atoms with Crippen LogP contribution < -0.4 is 5.32 Å². The molecule has 0 aromatic carbocycles. The SMILES string of the molecule is CCN(CC(C)C#N)C(=O)NCCOCC(=O)O. The van der Waals surface area contributed by atoms with Gasteiger partial charge in [-0.15, -0.1) is 0 Å². The summed E-state index contributed by atoms with van der Waals surface area (Å²) in [6.07, 6.45) is 0. The van der Waals surface area contributed by atoms with Crippen molar-refractivity contribution in [1.29, 1.82) is 5.26 Å². The molecule has 18 heavy (non-hydrogen) atoms. The zero-order valence-corrected chi connectivity index (χ0v) is 10.7. The molecule has 0 fully saturated rings. The number of nitrogens with zero attached hydrogens (tertiary/aromatic N) is 2. The highest BCUT2D eigenvalue weighted by Crippen LogP contribution is 1.98. The molecule has 0 aromatic rings. The van der Waals surface area contributed by atoms with E-state index < -0.39 is 5.97 Å². The van der Waals surface area contributed by atoms with Crippen molar-refractivity contribution in [1.82, 2.24) is 10.2 Å². The number of hydrogen-bond donors (Lipinski definition) is 2. The lowest BCUT2D eigenvalue weighted by Crippen LogP contribution is -2.43. The van der Waals surface area contributed by atoms with Crippen molar-refractivity contribution >= 4 is 12.0 Å². The lowest BCUT2D eigenvalue weighted by Gasteiger charge is -2.22. The van der Waals surface area contributed by atoms with Crippen LogP contribution in [0.2, 0.25) is 0 Å². The van der Waals surface area contributed by atoms with Gasteiger partial charge in [0.1, 0.15) is 6.61 Å². The van der Waals surface area contributed by atoms with Crippen molar-refractivity contribution in [2.45, 2.75) is 13.8 Å². The minimum Gasteiger partial charge on any atom is -0.480 e. The third-order valence-electron chi connectivity index (χ3n) is 2.13. The molecule has 0 aliphatic heterocycles. The number of carbonyl (C=O) groups excluding carboxylic acids is 1. The van der Waals surface area contributed by atoms with Gasteiger partial charge in [-0.3, -0.25) is 0 Å². The summed E-state index contributed by atoms with van der Waals surface area (Å²) in [4.78, 5) is 23.3. The minimum absolute atomic E-state index is 0.142. The summed E-state index contributed by atoms with van der Waals surface area (Å²) < 4.78 is 4.78. The molecule has 0 saturated carbocycles. The lowest BCUT2D eigenvalue weighted by molar-refractivity contribution is -0.142. The van der Waals surface area contributed by atoms with E-state index in [9.17, 15) is 9.59 Å². The fourth-order valence-electron chi connectivity index (χ4n) is 1.23. The fraction of sp³-hybridized carbons (Fsp3) is 0.727. The van der Waals surface area contributed by atoms with Gasteiger partial charge in [-0.2, -0.15) is 5.26 Å². The molecule has 0 saturated heterocycles. The molecular formula is C11H19N3O4. The van der Waals surface area contributed by atoms with Gasteiger partial charge in [0, 0.05) is 19.6 Å². The van der Waals surface area contributed by atoms with E-state index in [1.165, 1.54) is 4.90 Å². The van der Waals surface area contributed by atoms with Crippen LogP contribution in [0.4, 0.5) is 4.79 Å². The molecule has 1 unspecified atom stereocenters. The Balaban J connectivity index is 3.84. The molecule has 0 aromatic heterocycles. The van der Waals surface area contributed by atoms with Gasteiger partial charge in [0.05, 0.1) is 18.6 Å². The summed E-state index contributed by atoms with van der Waals surface area (Å²) in [6, 6.07) is 1.78. The summed E-state index contributed by atoms with van der Waals surface area (Å²) in [5, 5.41) is 19.6. The van der Waals surface area contributed by atoms with Crippen LogP contribution in [0.5, 0.6) is 0 Å². The van der Waals surface area contributed by atoms with Crippen LogP contribution in [0.1, 0.15) is 13.8 Å². The van der Waals surface area contributed by atoms with E-state index in [1.807, 2.05) is 6.92 Å². The molecule has 1 atom stereocenters. The largest absolute Gasteiger partial charge is 0.480 e. The first-order chi connectivity index (χ1) is 8.51. The van der Waals surface area contributed by atoms with Gasteiger partial charge in [0.15, 0.2) is 0 Å². The molecular weight excluding hydrogens is 238 g/mol. The zero-order valence-electron chi connectivity index (χ0n) is 10.7. The van der Waals surface area contributed by atoms with Gasteiger partial charge in [-0.1, -0.05) is 0 Å². The van der Waals surface area contributed by atoms with E-state index >= 15 is 0 Å². The Morgan fingerprint density at radius 3 is 2.72 bits per heavy atom. The van der Waals surface area contributed by atoms with Gasteiger partial charge in [0.25, 0.3) is 0 Å². The monoisotopic (exact) mass is 257 g/mol. The highest BCUT2D eigenvalue weighted by Gasteiger charge is 2.13. The molecule has 7 heteroatoms. The van der Waals surface area contributed by atoms with Gasteiger partial charge in [-0.05, 0) is 13.8 Å². The van der Waals surface area contributed by atoms with E-state index in [4.69, 9.17) is 15.1 Å². The number of carboxylic acid groups (broad SMARTS) is 1. The number of nitrogens with one attached hydrogen (secondary N) is 1. The second-order valence-corrected chi connectivity index (χ2v) is 3.75. The van der Waals surface area contributed by atoms with Crippen LogP contribution in [0.3, 0.4) is 0 Å². The standard InChI is InChI=1S/C11H19N3O4/c1-3-14(7-9(2)6-12)11(17)13-4-5-18-8-10(15)16/h9H,3-5,7-8H2,1-2H3,(H,13,17)(H,15,16). The minimum atomic E-state index is -1.04. The van der Waals surface area contributed by atoms with Crippen molar-refractivity contribution in [3.05, 3.63) is 0 Å². The quantitative estimate of drug-likeness (QED) is 0.608. The topological polar surface area (TPSA) is 103 Å². The second kappa shape index (κ2) is 9.24. The average Bonchev–Trinajstić information content (AvgIpc) is 2.34. The molecule has 2 N–H and O–H groups in total. The molecule has 7 nitrogen and oxygen atoms in total. The van der Waals surface area contributed by atoms with Crippen LogP contribution in [-0.2, 0) is 9.53 Å². The predicted molar refractivity (Wildman–Crippen MR) is 63.9 cm³/mol. The number of nitriles is 1. The summed E-state index contributed by atoms with van der Waals surface area (Å²) in [6.45, 7) is 4.45. The number of carbonyl (C=O) groups is 2. The summed E-state index contributed by atoms with van der Waals surface area (Å²) >= 11 is 0. The van der Waals surface area contributed by atoms with Crippen molar-refractivity contribution < 1.29 is 19.4 Å². The summed E-state index contributed by atoms with van der Waals surface area (Å²) in [7, 11) is 0. The summed E-state index contributed by atoms with van der Waals surface area (Å²) in [5.41, 5.74) is 0. The van der Waals surface area contributed by atoms with Crippen molar-refractivity contribution in [2.75, 3.05) is 32.8 Å². The number of aliphatic carboxylic acids is 1. The number of ether oxygens (including phenoxy) is 1. The molecule has 0 radical (unpaired) electrons. The van der Waals surface area contributed by atoms with E-state index in [1.54, 1.807) is 6.92 Å². The van der Waals surface area contributed by atoms with Crippen LogP contribution in [0.15, 0.2) is 0 Å². The first kappa shape index (κ1) is 16.2. The highest BCUT2D eigenvalue weighted by molar-refractivity contribution is 5.74. The smallest absolute Gasteiger partial charge is 0.329 e. The Morgan fingerprint density at radius 2 is 2.22 bits per heavy atom. The predicted octanol–water partition coefficient (Wildman–Crippen LogP) is 0.279. The fourth-order valence-corrected chi connectivity index (χ4v) is 1.23. The van der Waals surface area contributed by atoms with Crippen molar-refractivity contribution in [3.63, 3.8) is 0 Å². The molecule has 0 rings (SSSR count). The normalized spacial score (nSPS) is 11.4. The first-order valence-electron chi connectivity index (χ1n) is 5.73. The average molecular weight is 257 g/mol. The lowest BCUT2D eigenvalue weighted by atomic mass is 10.2. The maximum Gasteiger partial charge on any atom is 0.329 e. The number of carboxylic acids is 1. The Morgan fingerprint density at radius 1 is 1.56 bits per heavy atom. The van der Waals surface area contributed by atoms with E-state index in [0.29, 0.717) is 13.1 Å². The van der Waals surface area contributed by atoms with Gasteiger partial charge < -0.3 is 20.1 Å². The molecule has 0 spiro atoms. The second-order valence-electron chi connectivity index (χ2n) is 3.75. The van der Waals surface area contributed by atoms with E-state index in [2.05, 4.69) is 11.4 Å². The molecule has 102 valence electrons. The molecule has 0 bridgehead atoms. The van der Waals surface area contributed by atoms with E-state index in [0.717, 1.165) is 0 Å². The Hall–Kier alpha value is -1.81. The molecule has 0 aliphatic carbocycles. The number of urea groups is 1. The van der Waals surface area contributed by atoms with Gasteiger partial charge >= 0.3 is 12.0 Å². The van der Waals surface area contributed by atoms with Crippen LogP contribution >= 0.6 is 0 Å².